The van der Waals surface area contributed by atoms with Crippen LogP contribution in [-0.4, -0.2) is 46.3 Å². The maximum atomic E-state index is 15.0. The third-order valence-corrected chi connectivity index (χ3v) is 6.67. The highest BCUT2D eigenvalue weighted by Gasteiger charge is 2.61. The number of aromatic nitrogens is 3. The number of aliphatic imine (C=N–C) groups is 1. The van der Waals surface area contributed by atoms with Crippen molar-refractivity contribution in [1.82, 2.24) is 15.2 Å². The molecule has 1 unspecified atom stereocenters. The van der Waals surface area contributed by atoms with Crippen LogP contribution in [0.1, 0.15) is 62.7 Å². The van der Waals surface area contributed by atoms with Gasteiger partial charge < -0.3 is 19.6 Å². The highest BCUT2D eigenvalue weighted by Crippen LogP contribution is 2.47. The SMILES string of the molecule is C=CCCC(OCc1ccccc1)(c1nnc(-c2nc(/C(N)=C(/C=NC)CC=C)c(C(F)(F)F)cc2NC(=O)OC(C)(C)C)o1)C(F)(F)F. The third kappa shape index (κ3) is 9.55. The normalized spacial score (nSPS) is 14.2. The fourth-order valence-corrected chi connectivity index (χ4v) is 4.46. The second-order valence-corrected chi connectivity index (χ2v) is 11.6. The second kappa shape index (κ2) is 15.5. The van der Waals surface area contributed by atoms with Crippen LogP contribution in [0.4, 0.5) is 36.8 Å². The monoisotopic (exact) mass is 694 g/mol. The summed E-state index contributed by atoms with van der Waals surface area (Å²) in [7, 11) is 1.37. The predicted octanol–water partition coefficient (Wildman–Crippen LogP) is 8.38. The van der Waals surface area contributed by atoms with Gasteiger partial charge >= 0.3 is 18.4 Å². The number of carbonyl (C=O) groups is 1. The van der Waals surface area contributed by atoms with Crippen molar-refractivity contribution in [1.29, 1.82) is 0 Å². The Morgan fingerprint density at radius 1 is 1.06 bits per heavy atom. The van der Waals surface area contributed by atoms with Crippen molar-refractivity contribution in [2.75, 3.05) is 12.4 Å². The number of benzene rings is 1. The molecule has 1 atom stereocenters. The Bertz CT molecular complexity index is 1690. The van der Waals surface area contributed by atoms with Crippen LogP contribution in [0.2, 0.25) is 0 Å². The first-order chi connectivity index (χ1) is 22.9. The molecular weight excluding hydrogens is 658 g/mol. The van der Waals surface area contributed by atoms with E-state index in [1.807, 2.05) is 0 Å². The molecule has 2 heterocycles. The average molecular weight is 695 g/mol. The summed E-state index contributed by atoms with van der Waals surface area (Å²) in [6, 6.07) is 8.50. The molecular formula is C33H36F6N6O4. The van der Waals surface area contributed by atoms with Crippen LogP contribution in [0, 0.1) is 0 Å². The summed E-state index contributed by atoms with van der Waals surface area (Å²) in [5.41, 5.74) is -1.60. The number of nitrogens with two attached hydrogens (primary N) is 1. The molecule has 1 aromatic carbocycles. The summed E-state index contributed by atoms with van der Waals surface area (Å²) in [6.07, 6.45) is -8.55. The van der Waals surface area contributed by atoms with Gasteiger partial charge in [-0.05, 0) is 57.2 Å². The van der Waals surface area contributed by atoms with Gasteiger partial charge in [0, 0.05) is 13.3 Å². The van der Waals surface area contributed by atoms with Gasteiger partial charge in [0.2, 0.25) is 5.60 Å². The molecule has 0 spiro atoms. The quantitative estimate of drug-likeness (QED) is 0.103. The molecule has 49 heavy (non-hydrogen) atoms. The van der Waals surface area contributed by atoms with Gasteiger partial charge in [0.15, 0.2) is 5.69 Å². The molecule has 0 saturated carbocycles. The molecule has 0 bridgehead atoms. The Labute approximate surface area is 278 Å². The molecule has 3 N–H and O–H groups in total. The van der Waals surface area contributed by atoms with E-state index in [1.165, 1.54) is 46.2 Å². The number of allylic oxidation sites excluding steroid dienone is 3. The number of ether oxygens (including phenoxy) is 2. The van der Waals surface area contributed by atoms with Crippen molar-refractivity contribution in [2.45, 2.75) is 70.2 Å². The predicted molar refractivity (Wildman–Crippen MR) is 171 cm³/mol. The zero-order valence-corrected chi connectivity index (χ0v) is 27.2. The Morgan fingerprint density at radius 2 is 1.73 bits per heavy atom. The smallest absolute Gasteiger partial charge is 0.426 e. The van der Waals surface area contributed by atoms with E-state index < -0.39 is 82.8 Å². The summed E-state index contributed by atoms with van der Waals surface area (Å²) in [6.45, 7) is 11.1. The minimum Gasteiger partial charge on any atom is -0.444 e. The van der Waals surface area contributed by atoms with Gasteiger partial charge in [0.05, 0.1) is 29.2 Å². The van der Waals surface area contributed by atoms with Crippen molar-refractivity contribution in [2.24, 2.45) is 10.7 Å². The lowest BCUT2D eigenvalue weighted by molar-refractivity contribution is -0.299. The largest absolute Gasteiger partial charge is 0.444 e. The molecule has 0 aliphatic carbocycles. The van der Waals surface area contributed by atoms with Crippen molar-refractivity contribution in [3.8, 4) is 11.6 Å². The molecule has 0 aliphatic rings. The maximum Gasteiger partial charge on any atom is 0.426 e. The van der Waals surface area contributed by atoms with E-state index in [1.54, 1.807) is 30.3 Å². The number of hydrogen-bond donors (Lipinski definition) is 2. The Morgan fingerprint density at radius 3 is 2.29 bits per heavy atom. The fraction of sp³-hybridized carbons (Fsp3) is 0.364. The van der Waals surface area contributed by atoms with Crippen molar-refractivity contribution >= 4 is 23.7 Å². The maximum absolute atomic E-state index is 15.0. The molecule has 0 fully saturated rings. The average Bonchev–Trinajstić information content (AvgIpc) is 3.49. The number of carbonyl (C=O) groups excluding carboxylic acids is 1. The summed E-state index contributed by atoms with van der Waals surface area (Å²) < 4.78 is 105. The van der Waals surface area contributed by atoms with E-state index in [-0.39, 0.29) is 18.4 Å². The molecule has 10 nitrogen and oxygen atoms in total. The van der Waals surface area contributed by atoms with E-state index in [9.17, 15) is 31.1 Å². The summed E-state index contributed by atoms with van der Waals surface area (Å²) in [4.78, 5) is 20.6. The fourth-order valence-electron chi connectivity index (χ4n) is 4.46. The molecule has 264 valence electrons. The lowest BCUT2D eigenvalue weighted by Crippen LogP contribution is -2.45. The molecule has 2 aromatic heterocycles. The molecule has 3 aromatic rings. The van der Waals surface area contributed by atoms with E-state index in [4.69, 9.17) is 19.6 Å². The molecule has 0 radical (unpaired) electrons. The Balaban J connectivity index is 2.34. The molecule has 0 saturated heterocycles. The van der Waals surface area contributed by atoms with Gasteiger partial charge in [-0.3, -0.25) is 10.3 Å². The third-order valence-electron chi connectivity index (χ3n) is 6.67. The van der Waals surface area contributed by atoms with Crippen LogP contribution >= 0.6 is 0 Å². The number of pyridine rings is 1. The van der Waals surface area contributed by atoms with Crippen LogP contribution in [0.15, 0.2) is 76.7 Å². The highest BCUT2D eigenvalue weighted by molar-refractivity contribution is 5.93. The van der Waals surface area contributed by atoms with E-state index in [0.717, 1.165) is 0 Å². The van der Waals surface area contributed by atoms with Crippen LogP contribution in [0.3, 0.4) is 0 Å². The number of halogens is 6. The van der Waals surface area contributed by atoms with E-state index in [0.29, 0.717) is 11.6 Å². The van der Waals surface area contributed by atoms with Gasteiger partial charge in [0.1, 0.15) is 5.60 Å². The van der Waals surface area contributed by atoms with Crippen molar-refractivity contribution in [3.63, 3.8) is 0 Å². The number of alkyl halides is 6. The van der Waals surface area contributed by atoms with Gasteiger partial charge in [0.25, 0.3) is 11.8 Å². The summed E-state index contributed by atoms with van der Waals surface area (Å²) >= 11 is 0. The topological polar surface area (TPSA) is 138 Å². The van der Waals surface area contributed by atoms with Crippen LogP contribution < -0.4 is 11.1 Å². The number of nitrogens with zero attached hydrogens (tertiary/aromatic N) is 4. The van der Waals surface area contributed by atoms with Gasteiger partial charge in [-0.25, -0.2) is 9.78 Å². The highest BCUT2D eigenvalue weighted by atomic mass is 19.4. The van der Waals surface area contributed by atoms with Gasteiger partial charge in [-0.1, -0.05) is 42.5 Å². The molecule has 0 aliphatic heterocycles. The number of amides is 1. The van der Waals surface area contributed by atoms with Crippen molar-refractivity contribution in [3.05, 3.63) is 90.0 Å². The first-order valence-electron chi connectivity index (χ1n) is 14.7. The molecule has 16 heteroatoms. The molecule has 3 rings (SSSR count). The van der Waals surface area contributed by atoms with Crippen LogP contribution in [0.5, 0.6) is 0 Å². The number of hydrogen-bond acceptors (Lipinski definition) is 9. The Hall–Kier alpha value is -4.99. The minimum atomic E-state index is -5.13. The number of nitrogens with one attached hydrogen (secondary N) is 1. The zero-order chi connectivity index (χ0) is 36.6. The first kappa shape index (κ1) is 38.5. The molecule has 1 amide bonds. The van der Waals surface area contributed by atoms with E-state index in [2.05, 4.69) is 38.6 Å². The zero-order valence-electron chi connectivity index (χ0n) is 27.2. The summed E-state index contributed by atoms with van der Waals surface area (Å²) in [5, 5.41) is 9.53. The lowest BCUT2D eigenvalue weighted by Gasteiger charge is -2.32. The van der Waals surface area contributed by atoms with Crippen LogP contribution in [-0.2, 0) is 27.9 Å². The first-order valence-corrected chi connectivity index (χ1v) is 14.7. The number of anilines is 1. The Kier molecular flexibility index (Phi) is 12.2. The second-order valence-electron chi connectivity index (χ2n) is 11.6. The van der Waals surface area contributed by atoms with E-state index >= 15 is 0 Å². The van der Waals surface area contributed by atoms with Gasteiger partial charge in [-0.15, -0.1) is 23.4 Å². The van der Waals surface area contributed by atoms with Crippen LogP contribution in [0.25, 0.3) is 17.3 Å². The number of rotatable bonds is 13. The van der Waals surface area contributed by atoms with Crippen molar-refractivity contribution < 1.29 is 45.0 Å². The standard InChI is InChI=1S/C33H36F6N6O4/c1-7-9-16-31(33(37,38)39,47-19-20-14-11-10-12-15-20)28-45-44-27(48-28)26-23(42-29(46)49-30(3,4)5)17-22(32(34,35)36)25(43-26)24(40)21(13-8-2)18-41-6/h7-8,10-12,14-15,17-18H,1-2,9,13,16,19,40H2,3-6H3,(H,42,46)/b24-21-,41-18?. The minimum absolute atomic E-state index is 0.0176. The summed E-state index contributed by atoms with van der Waals surface area (Å²) in [5.74, 6) is -1.85. The van der Waals surface area contributed by atoms with Gasteiger partial charge in [-0.2, -0.15) is 26.3 Å². The lowest BCUT2D eigenvalue weighted by atomic mass is 9.96.